The van der Waals surface area contributed by atoms with Gasteiger partial charge in [0.15, 0.2) is 11.0 Å². The molecule has 0 saturated heterocycles. The summed E-state index contributed by atoms with van der Waals surface area (Å²) in [7, 11) is 0. The second-order valence-corrected chi connectivity index (χ2v) is 7.54. The van der Waals surface area contributed by atoms with E-state index >= 15 is 0 Å². The first-order chi connectivity index (χ1) is 13.1. The van der Waals surface area contributed by atoms with E-state index in [-0.39, 0.29) is 11.7 Å². The summed E-state index contributed by atoms with van der Waals surface area (Å²) in [5.41, 5.74) is 2.59. The molecule has 0 aliphatic carbocycles. The van der Waals surface area contributed by atoms with Gasteiger partial charge in [-0.25, -0.2) is 0 Å². The maximum atomic E-state index is 12.3. The van der Waals surface area contributed by atoms with Crippen LogP contribution in [-0.2, 0) is 11.3 Å². The lowest BCUT2D eigenvalue weighted by molar-refractivity contribution is -0.113. The Morgan fingerprint density at radius 1 is 1.33 bits per heavy atom. The molecule has 1 N–H and O–H groups in total. The maximum absolute atomic E-state index is 12.3. The van der Waals surface area contributed by atoms with Crippen molar-refractivity contribution in [3.8, 4) is 11.5 Å². The molecule has 0 spiro atoms. The Kier molecular flexibility index (Phi) is 6.41. The number of hydrogen-bond acceptors (Lipinski definition) is 5. The average Bonchev–Trinajstić information content (AvgIpc) is 3.06. The molecule has 0 aliphatic heterocycles. The highest BCUT2D eigenvalue weighted by Gasteiger charge is 2.16. The molecule has 0 atom stereocenters. The van der Waals surface area contributed by atoms with E-state index in [0.717, 1.165) is 21.4 Å². The van der Waals surface area contributed by atoms with E-state index < -0.39 is 0 Å². The minimum Gasteiger partial charge on any atom is -0.324 e. The van der Waals surface area contributed by atoms with Crippen LogP contribution in [0.25, 0.3) is 11.5 Å². The second kappa shape index (κ2) is 8.96. The van der Waals surface area contributed by atoms with Crippen LogP contribution in [-0.4, -0.2) is 31.4 Å². The Morgan fingerprint density at radius 3 is 2.89 bits per heavy atom. The zero-order valence-electron chi connectivity index (χ0n) is 14.7. The van der Waals surface area contributed by atoms with Crippen LogP contribution in [0.15, 0.2) is 64.9 Å². The average molecular weight is 444 g/mol. The summed E-state index contributed by atoms with van der Waals surface area (Å²) in [6.07, 6.45) is 3.48. The van der Waals surface area contributed by atoms with Crippen LogP contribution < -0.4 is 5.32 Å². The summed E-state index contributed by atoms with van der Waals surface area (Å²) in [5.74, 6) is 0.759. The second-order valence-electron chi connectivity index (χ2n) is 5.74. The summed E-state index contributed by atoms with van der Waals surface area (Å²) in [6.45, 7) is 6.32. The zero-order chi connectivity index (χ0) is 19.2. The highest BCUT2D eigenvalue weighted by molar-refractivity contribution is 9.10. The van der Waals surface area contributed by atoms with Gasteiger partial charge in [-0.05, 0) is 52.7 Å². The van der Waals surface area contributed by atoms with Crippen LogP contribution >= 0.6 is 27.7 Å². The first kappa shape index (κ1) is 19.3. The molecule has 2 aromatic heterocycles. The lowest BCUT2D eigenvalue weighted by atomic mass is 10.2. The van der Waals surface area contributed by atoms with E-state index in [0.29, 0.717) is 17.5 Å². The summed E-state index contributed by atoms with van der Waals surface area (Å²) < 4.78 is 2.75. The predicted molar refractivity (Wildman–Crippen MR) is 112 cm³/mol. The lowest BCUT2D eigenvalue weighted by Crippen LogP contribution is -2.15. The van der Waals surface area contributed by atoms with Crippen LogP contribution in [0.3, 0.4) is 0 Å². The first-order valence-corrected chi connectivity index (χ1v) is 10.0. The number of aryl methyl sites for hydroxylation is 1. The van der Waals surface area contributed by atoms with Gasteiger partial charge >= 0.3 is 0 Å². The van der Waals surface area contributed by atoms with Gasteiger partial charge in [-0.1, -0.05) is 30.0 Å². The fourth-order valence-electron chi connectivity index (χ4n) is 2.41. The van der Waals surface area contributed by atoms with Crippen molar-refractivity contribution in [3.63, 3.8) is 0 Å². The van der Waals surface area contributed by atoms with Crippen molar-refractivity contribution in [1.29, 1.82) is 0 Å². The van der Waals surface area contributed by atoms with Crippen LogP contribution in [0.1, 0.15) is 5.56 Å². The molecule has 27 heavy (non-hydrogen) atoms. The summed E-state index contributed by atoms with van der Waals surface area (Å²) in [4.78, 5) is 16.6. The van der Waals surface area contributed by atoms with E-state index in [1.54, 1.807) is 12.3 Å². The van der Waals surface area contributed by atoms with Gasteiger partial charge in [0, 0.05) is 17.2 Å². The molecule has 1 amide bonds. The third-order valence-electron chi connectivity index (χ3n) is 3.65. The van der Waals surface area contributed by atoms with E-state index in [9.17, 15) is 4.79 Å². The number of hydrogen-bond donors (Lipinski definition) is 1. The number of anilines is 1. The predicted octanol–water partition coefficient (Wildman–Crippen LogP) is 4.33. The Labute approximate surface area is 170 Å². The molecule has 0 aliphatic rings. The van der Waals surface area contributed by atoms with Crippen molar-refractivity contribution in [2.75, 3.05) is 11.1 Å². The molecule has 0 radical (unpaired) electrons. The number of carbonyl (C=O) groups excluding carboxylic acids is 1. The topological polar surface area (TPSA) is 72.7 Å². The number of nitrogens with zero attached hydrogens (tertiary/aromatic N) is 4. The Bertz CT molecular complexity index is 958. The molecule has 0 bridgehead atoms. The number of rotatable bonds is 7. The quantitative estimate of drug-likeness (QED) is 0.434. The maximum Gasteiger partial charge on any atom is 0.234 e. The van der Waals surface area contributed by atoms with Crippen molar-refractivity contribution in [2.45, 2.75) is 18.6 Å². The summed E-state index contributed by atoms with van der Waals surface area (Å²) in [6, 6.07) is 11.4. The third kappa shape index (κ3) is 4.84. The molecule has 3 aromatic rings. The van der Waals surface area contributed by atoms with Crippen molar-refractivity contribution in [1.82, 2.24) is 19.7 Å². The first-order valence-electron chi connectivity index (χ1n) is 8.23. The molecule has 0 unspecified atom stereocenters. The number of thioether (sulfide) groups is 1. The number of amides is 1. The molecular weight excluding hydrogens is 426 g/mol. The number of benzene rings is 1. The van der Waals surface area contributed by atoms with Gasteiger partial charge in [0.2, 0.25) is 5.91 Å². The van der Waals surface area contributed by atoms with Crippen molar-refractivity contribution < 1.29 is 4.79 Å². The van der Waals surface area contributed by atoms with E-state index in [1.165, 1.54) is 11.8 Å². The van der Waals surface area contributed by atoms with E-state index in [1.807, 2.05) is 47.9 Å². The van der Waals surface area contributed by atoms with Crippen LogP contribution in [0.2, 0.25) is 0 Å². The number of nitrogens with one attached hydrogen (secondary N) is 1. The smallest absolute Gasteiger partial charge is 0.234 e. The molecule has 3 rings (SSSR count). The summed E-state index contributed by atoms with van der Waals surface area (Å²) >= 11 is 4.79. The van der Waals surface area contributed by atoms with Crippen LogP contribution in [0.5, 0.6) is 0 Å². The highest BCUT2D eigenvalue weighted by atomic mass is 79.9. The van der Waals surface area contributed by atoms with E-state index in [4.69, 9.17) is 0 Å². The highest BCUT2D eigenvalue weighted by Crippen LogP contribution is 2.25. The van der Waals surface area contributed by atoms with Crippen LogP contribution in [0, 0.1) is 6.92 Å². The zero-order valence-corrected chi connectivity index (χ0v) is 17.1. The number of halogens is 1. The van der Waals surface area contributed by atoms with E-state index in [2.05, 4.69) is 43.0 Å². The molecule has 0 fully saturated rings. The molecule has 1 aromatic carbocycles. The molecule has 0 saturated carbocycles. The Hall–Kier alpha value is -2.45. The number of aromatic nitrogens is 4. The van der Waals surface area contributed by atoms with Gasteiger partial charge < -0.3 is 5.32 Å². The molecule has 6 nitrogen and oxygen atoms in total. The minimum atomic E-state index is -0.114. The molecule has 8 heteroatoms. The van der Waals surface area contributed by atoms with Gasteiger partial charge in [0.05, 0.1) is 11.4 Å². The van der Waals surface area contributed by atoms with Gasteiger partial charge in [-0.3, -0.25) is 14.3 Å². The minimum absolute atomic E-state index is 0.114. The number of pyridine rings is 1. The monoisotopic (exact) mass is 443 g/mol. The SMILES string of the molecule is C=CCn1c(SCC(=O)Nc2ccc(C)cc2Br)nnc1-c1ccccn1. The van der Waals surface area contributed by atoms with Crippen LogP contribution in [0.4, 0.5) is 5.69 Å². The third-order valence-corrected chi connectivity index (χ3v) is 5.28. The van der Waals surface area contributed by atoms with Gasteiger partial charge in [0.25, 0.3) is 0 Å². The van der Waals surface area contributed by atoms with Crippen molar-refractivity contribution in [2.24, 2.45) is 0 Å². The molecule has 138 valence electrons. The Morgan fingerprint density at radius 2 is 2.19 bits per heavy atom. The number of allylic oxidation sites excluding steroid dienone is 1. The lowest BCUT2D eigenvalue weighted by Gasteiger charge is -2.09. The number of carbonyl (C=O) groups is 1. The fraction of sp³-hybridized carbons (Fsp3) is 0.158. The molecular formula is C19H18BrN5OS. The van der Waals surface area contributed by atoms with Crippen molar-refractivity contribution >= 4 is 39.3 Å². The van der Waals surface area contributed by atoms with Gasteiger partial charge in [-0.15, -0.1) is 16.8 Å². The van der Waals surface area contributed by atoms with Gasteiger partial charge in [-0.2, -0.15) is 0 Å². The van der Waals surface area contributed by atoms with Crippen molar-refractivity contribution in [3.05, 3.63) is 65.3 Å². The largest absolute Gasteiger partial charge is 0.324 e. The Balaban J connectivity index is 1.71. The van der Waals surface area contributed by atoms with Gasteiger partial charge in [0.1, 0.15) is 5.69 Å². The molecule has 2 heterocycles. The normalized spacial score (nSPS) is 10.6. The summed E-state index contributed by atoms with van der Waals surface area (Å²) in [5, 5.41) is 12.0. The standard InChI is InChI=1S/C19H18BrN5OS/c1-3-10-25-18(16-6-4-5-9-21-16)23-24-19(25)27-12-17(26)22-15-8-7-13(2)11-14(15)20/h3-9,11H,1,10,12H2,2H3,(H,22,26). The fourth-order valence-corrected chi connectivity index (χ4v) is 3.75.